The molecule has 1 aliphatic carbocycles. The third-order valence-electron chi connectivity index (χ3n) is 6.37. The molecule has 2 aliphatic rings. The lowest BCUT2D eigenvalue weighted by Gasteiger charge is -2.39. The van der Waals surface area contributed by atoms with E-state index in [1.54, 1.807) is 17.4 Å². The number of aromatic nitrogens is 4. The van der Waals surface area contributed by atoms with Crippen molar-refractivity contribution in [1.82, 2.24) is 25.1 Å². The van der Waals surface area contributed by atoms with Gasteiger partial charge in [0.2, 0.25) is 0 Å². The number of nitrogens with zero attached hydrogens (tertiary/aromatic N) is 6. The highest BCUT2D eigenvalue weighted by Crippen LogP contribution is 2.35. The van der Waals surface area contributed by atoms with E-state index in [-0.39, 0.29) is 11.9 Å². The molecule has 5 rings (SSSR count). The van der Waals surface area contributed by atoms with E-state index in [1.165, 1.54) is 30.2 Å². The number of para-hydroxylation sites is 1. The van der Waals surface area contributed by atoms with Crippen molar-refractivity contribution in [3.05, 3.63) is 58.3 Å². The van der Waals surface area contributed by atoms with Gasteiger partial charge < -0.3 is 4.90 Å². The van der Waals surface area contributed by atoms with Crippen LogP contribution in [-0.2, 0) is 0 Å². The lowest BCUT2D eigenvalue weighted by Crippen LogP contribution is -2.48. The highest BCUT2D eigenvalue weighted by molar-refractivity contribution is 7.10. The zero-order valence-electron chi connectivity index (χ0n) is 17.0. The molecule has 2 fully saturated rings. The van der Waals surface area contributed by atoms with Crippen LogP contribution in [0.4, 0.5) is 10.1 Å². The molecule has 0 radical (unpaired) electrons. The van der Waals surface area contributed by atoms with Gasteiger partial charge in [-0.05, 0) is 46.8 Å². The van der Waals surface area contributed by atoms with Gasteiger partial charge in [-0.15, -0.1) is 16.4 Å². The molecule has 0 bridgehead atoms. The largest absolute Gasteiger partial charge is 0.367 e. The van der Waals surface area contributed by atoms with E-state index in [4.69, 9.17) is 0 Å². The summed E-state index contributed by atoms with van der Waals surface area (Å²) in [6.45, 7) is 3.25. The maximum atomic E-state index is 14.3. The van der Waals surface area contributed by atoms with Crippen molar-refractivity contribution in [3.8, 4) is 0 Å². The maximum absolute atomic E-state index is 14.3. The Kier molecular flexibility index (Phi) is 5.77. The average Bonchev–Trinajstić information content (AvgIpc) is 3.49. The van der Waals surface area contributed by atoms with Crippen LogP contribution in [0.1, 0.15) is 54.9 Å². The van der Waals surface area contributed by atoms with E-state index < -0.39 is 0 Å². The van der Waals surface area contributed by atoms with Gasteiger partial charge in [0.05, 0.1) is 11.7 Å². The first-order valence-corrected chi connectivity index (χ1v) is 11.7. The minimum atomic E-state index is -0.151. The molecule has 3 aromatic rings. The quantitative estimate of drug-likeness (QED) is 0.609. The molecule has 1 atom stereocenters. The highest BCUT2D eigenvalue weighted by atomic mass is 32.1. The summed E-state index contributed by atoms with van der Waals surface area (Å²) in [6.07, 6.45) is 6.09. The smallest absolute Gasteiger partial charge is 0.174 e. The summed E-state index contributed by atoms with van der Waals surface area (Å²) in [5, 5.41) is 15.1. The van der Waals surface area contributed by atoms with Gasteiger partial charge in [0.15, 0.2) is 5.82 Å². The second-order valence-electron chi connectivity index (χ2n) is 8.17. The lowest BCUT2D eigenvalue weighted by molar-refractivity contribution is 0.195. The molecular weight excluding hydrogens is 399 g/mol. The van der Waals surface area contributed by atoms with E-state index in [2.05, 4.69) is 47.5 Å². The first-order chi connectivity index (χ1) is 14.8. The van der Waals surface area contributed by atoms with Crippen LogP contribution in [0, 0.1) is 5.82 Å². The zero-order chi connectivity index (χ0) is 20.3. The molecule has 8 heteroatoms. The van der Waals surface area contributed by atoms with Gasteiger partial charge in [-0.2, -0.15) is 0 Å². The van der Waals surface area contributed by atoms with Crippen LogP contribution in [-0.4, -0.2) is 51.3 Å². The van der Waals surface area contributed by atoms with Crippen molar-refractivity contribution in [2.45, 2.75) is 44.2 Å². The fraction of sp³-hybridized carbons (Fsp3) is 0.500. The Bertz CT molecular complexity index is 944. The monoisotopic (exact) mass is 426 g/mol. The second-order valence-corrected chi connectivity index (χ2v) is 9.15. The number of anilines is 1. The average molecular weight is 427 g/mol. The van der Waals surface area contributed by atoms with E-state index in [0.717, 1.165) is 44.8 Å². The Balaban J connectivity index is 1.39. The third kappa shape index (κ3) is 3.86. The molecule has 158 valence electrons. The van der Waals surface area contributed by atoms with Crippen molar-refractivity contribution < 1.29 is 4.39 Å². The van der Waals surface area contributed by atoms with Crippen molar-refractivity contribution in [2.75, 3.05) is 31.1 Å². The minimum Gasteiger partial charge on any atom is -0.367 e. The van der Waals surface area contributed by atoms with Gasteiger partial charge in [0, 0.05) is 31.1 Å². The summed E-state index contributed by atoms with van der Waals surface area (Å²) >= 11 is 1.75. The highest BCUT2D eigenvalue weighted by Gasteiger charge is 2.33. The van der Waals surface area contributed by atoms with E-state index in [0.29, 0.717) is 11.7 Å². The fourth-order valence-corrected chi connectivity index (χ4v) is 5.67. The summed E-state index contributed by atoms with van der Waals surface area (Å²) in [5.41, 5.74) is 0.692. The molecule has 0 unspecified atom stereocenters. The molecule has 0 N–H and O–H groups in total. The van der Waals surface area contributed by atoms with Crippen LogP contribution < -0.4 is 4.90 Å². The van der Waals surface area contributed by atoms with Crippen molar-refractivity contribution in [3.63, 3.8) is 0 Å². The third-order valence-corrected chi connectivity index (χ3v) is 7.29. The maximum Gasteiger partial charge on any atom is 0.174 e. The van der Waals surface area contributed by atoms with Gasteiger partial charge in [-0.3, -0.25) is 4.90 Å². The van der Waals surface area contributed by atoms with E-state index >= 15 is 0 Å². The molecule has 6 nitrogen and oxygen atoms in total. The Morgan fingerprint density at radius 1 is 0.967 bits per heavy atom. The number of hydrogen-bond donors (Lipinski definition) is 0. The number of tetrazole rings is 1. The summed E-state index contributed by atoms with van der Waals surface area (Å²) in [6, 6.07) is 11.8. The minimum absolute atomic E-state index is 0.0460. The summed E-state index contributed by atoms with van der Waals surface area (Å²) in [5.74, 6) is 0.797. The topological polar surface area (TPSA) is 50.1 Å². The molecule has 0 spiro atoms. The molecule has 3 heterocycles. The molecule has 2 aromatic heterocycles. The van der Waals surface area contributed by atoms with Crippen LogP contribution in [0.5, 0.6) is 0 Å². The van der Waals surface area contributed by atoms with Gasteiger partial charge in [0.25, 0.3) is 0 Å². The molecule has 1 saturated carbocycles. The molecule has 1 aliphatic heterocycles. The van der Waals surface area contributed by atoms with Crippen molar-refractivity contribution in [1.29, 1.82) is 0 Å². The molecule has 1 saturated heterocycles. The number of piperazine rings is 1. The van der Waals surface area contributed by atoms with Crippen LogP contribution in [0.2, 0.25) is 0 Å². The van der Waals surface area contributed by atoms with Gasteiger partial charge >= 0.3 is 0 Å². The van der Waals surface area contributed by atoms with Gasteiger partial charge in [0.1, 0.15) is 11.9 Å². The first kappa shape index (κ1) is 19.6. The SMILES string of the molecule is Fc1ccccc1N1CCN([C@H](c2cccs2)c2nnnn2C2CCCCC2)CC1. The summed E-state index contributed by atoms with van der Waals surface area (Å²) in [7, 11) is 0. The first-order valence-electron chi connectivity index (χ1n) is 10.9. The van der Waals surface area contributed by atoms with Crippen molar-refractivity contribution >= 4 is 17.0 Å². The number of hydrogen-bond acceptors (Lipinski definition) is 6. The number of rotatable bonds is 5. The Morgan fingerprint density at radius 2 is 1.77 bits per heavy atom. The normalized spacial score (nSPS) is 19.8. The number of halogens is 1. The second kappa shape index (κ2) is 8.81. The van der Waals surface area contributed by atoms with E-state index in [9.17, 15) is 4.39 Å². The Hall–Kier alpha value is -2.32. The summed E-state index contributed by atoms with van der Waals surface area (Å²) in [4.78, 5) is 5.86. The molecule has 0 amide bonds. The molecule has 1 aromatic carbocycles. The van der Waals surface area contributed by atoms with Crippen LogP contribution in [0.15, 0.2) is 41.8 Å². The lowest BCUT2D eigenvalue weighted by atomic mass is 9.95. The predicted octanol–water partition coefficient (Wildman–Crippen LogP) is 4.29. The number of thiophene rings is 1. The van der Waals surface area contributed by atoms with Crippen molar-refractivity contribution in [2.24, 2.45) is 0 Å². The van der Waals surface area contributed by atoms with Crippen LogP contribution in [0.25, 0.3) is 0 Å². The fourth-order valence-electron chi connectivity index (χ4n) is 4.81. The Labute approximate surface area is 180 Å². The predicted molar refractivity (Wildman–Crippen MR) is 116 cm³/mol. The van der Waals surface area contributed by atoms with Gasteiger partial charge in [-0.25, -0.2) is 9.07 Å². The standard InChI is InChI=1S/C22H27FN6S/c23-18-9-4-5-10-19(18)27-12-14-28(15-13-27)21(20-11-6-16-30-20)22-24-25-26-29(22)17-7-2-1-3-8-17/h4-6,9-11,16-17,21H,1-3,7-8,12-15H2/t21-/m1/s1. The van der Waals surface area contributed by atoms with Gasteiger partial charge in [-0.1, -0.05) is 37.5 Å². The molecule has 30 heavy (non-hydrogen) atoms. The zero-order valence-corrected chi connectivity index (χ0v) is 17.8. The van der Waals surface area contributed by atoms with E-state index in [1.807, 2.05) is 12.1 Å². The number of benzene rings is 1. The van der Waals surface area contributed by atoms with Crippen LogP contribution >= 0.6 is 11.3 Å². The Morgan fingerprint density at radius 3 is 2.50 bits per heavy atom. The summed E-state index contributed by atoms with van der Waals surface area (Å²) < 4.78 is 16.3. The van der Waals surface area contributed by atoms with Crippen LogP contribution in [0.3, 0.4) is 0 Å². The molecular formula is C22H27FN6S.